The predicted octanol–water partition coefficient (Wildman–Crippen LogP) is 3.19. The fourth-order valence-electron chi connectivity index (χ4n) is 1.70. The highest BCUT2D eigenvalue weighted by molar-refractivity contribution is 7.98. The maximum Gasteiger partial charge on any atom is 0.307 e. The van der Waals surface area contributed by atoms with Gasteiger partial charge in [0.15, 0.2) is 0 Å². The summed E-state index contributed by atoms with van der Waals surface area (Å²) in [5, 5.41) is 9.98. The molecular formula is C14H15NO2S. The number of nitrogens with zero attached hydrogens (tertiary/aromatic N) is 1. The first-order valence-electron chi connectivity index (χ1n) is 5.81. The van der Waals surface area contributed by atoms with Crippen molar-refractivity contribution in [1.82, 2.24) is 4.98 Å². The molecule has 0 aliphatic heterocycles. The second-order valence-electron chi connectivity index (χ2n) is 4.24. The first-order chi connectivity index (χ1) is 8.68. The van der Waals surface area contributed by atoms with Crippen molar-refractivity contribution < 1.29 is 9.90 Å². The molecule has 1 heterocycles. The van der Waals surface area contributed by atoms with Gasteiger partial charge >= 0.3 is 5.97 Å². The average Bonchev–Trinajstić information content (AvgIpc) is 2.38. The number of carbonyl (C=O) groups is 1. The number of aromatic nitrogens is 1. The van der Waals surface area contributed by atoms with Crippen molar-refractivity contribution in [2.24, 2.45) is 5.92 Å². The SMILES string of the molecule is CC(CSCc1ccnc2ccccc12)C(=O)O. The van der Waals surface area contributed by atoms with Gasteiger partial charge in [0, 0.05) is 23.1 Å². The van der Waals surface area contributed by atoms with E-state index in [-0.39, 0.29) is 5.92 Å². The zero-order valence-corrected chi connectivity index (χ0v) is 11.0. The summed E-state index contributed by atoms with van der Waals surface area (Å²) in [4.78, 5) is 15.0. The molecule has 3 nitrogen and oxygen atoms in total. The number of thioether (sulfide) groups is 1. The normalized spacial score (nSPS) is 12.5. The van der Waals surface area contributed by atoms with Gasteiger partial charge in [0.2, 0.25) is 0 Å². The van der Waals surface area contributed by atoms with Gasteiger partial charge in [0.25, 0.3) is 0 Å². The topological polar surface area (TPSA) is 50.2 Å². The number of para-hydroxylation sites is 1. The van der Waals surface area contributed by atoms with E-state index in [0.29, 0.717) is 5.75 Å². The van der Waals surface area contributed by atoms with Crippen molar-refractivity contribution in [2.75, 3.05) is 5.75 Å². The summed E-state index contributed by atoms with van der Waals surface area (Å²) >= 11 is 1.65. The third kappa shape index (κ3) is 3.01. The van der Waals surface area contributed by atoms with Gasteiger partial charge in [-0.1, -0.05) is 25.1 Å². The van der Waals surface area contributed by atoms with E-state index in [2.05, 4.69) is 11.1 Å². The molecule has 0 saturated heterocycles. The van der Waals surface area contributed by atoms with Crippen molar-refractivity contribution in [3.05, 3.63) is 42.1 Å². The second kappa shape index (κ2) is 5.87. The molecule has 4 heteroatoms. The molecule has 18 heavy (non-hydrogen) atoms. The zero-order valence-electron chi connectivity index (χ0n) is 10.2. The standard InChI is InChI=1S/C14H15NO2S/c1-10(14(16)17)8-18-9-11-6-7-15-13-5-3-2-4-12(11)13/h2-7,10H,8-9H2,1H3,(H,16,17). The Bertz CT molecular complexity index is 551. The van der Waals surface area contributed by atoms with Gasteiger partial charge in [0.05, 0.1) is 11.4 Å². The van der Waals surface area contributed by atoms with Crippen LogP contribution in [0.5, 0.6) is 0 Å². The molecule has 2 aromatic rings. The largest absolute Gasteiger partial charge is 0.481 e. The van der Waals surface area contributed by atoms with Gasteiger partial charge in [-0.15, -0.1) is 0 Å². The monoisotopic (exact) mass is 261 g/mol. The van der Waals surface area contributed by atoms with Crippen LogP contribution in [0.25, 0.3) is 10.9 Å². The molecule has 1 N–H and O–H groups in total. The number of hydrogen-bond acceptors (Lipinski definition) is 3. The van der Waals surface area contributed by atoms with Crippen LogP contribution in [0, 0.1) is 5.92 Å². The smallest absolute Gasteiger partial charge is 0.307 e. The number of fused-ring (bicyclic) bond motifs is 1. The molecule has 94 valence electrons. The van der Waals surface area contributed by atoms with E-state index >= 15 is 0 Å². The molecular weight excluding hydrogens is 246 g/mol. The molecule has 0 amide bonds. The number of benzene rings is 1. The van der Waals surface area contributed by atoms with Crippen LogP contribution in [0.2, 0.25) is 0 Å². The maximum absolute atomic E-state index is 10.7. The molecule has 0 bridgehead atoms. The highest BCUT2D eigenvalue weighted by Crippen LogP contribution is 2.22. The van der Waals surface area contributed by atoms with Crippen LogP contribution in [-0.4, -0.2) is 21.8 Å². The van der Waals surface area contributed by atoms with E-state index in [0.717, 1.165) is 16.7 Å². The number of hydrogen-bond donors (Lipinski definition) is 1. The summed E-state index contributed by atoms with van der Waals surface area (Å²) in [6.07, 6.45) is 1.80. The summed E-state index contributed by atoms with van der Waals surface area (Å²) in [5.74, 6) is 0.414. The number of pyridine rings is 1. The number of carboxylic acids is 1. The van der Waals surface area contributed by atoms with Gasteiger partial charge in [-0.25, -0.2) is 0 Å². The number of aliphatic carboxylic acids is 1. The van der Waals surface area contributed by atoms with Crippen LogP contribution in [-0.2, 0) is 10.5 Å². The fraction of sp³-hybridized carbons (Fsp3) is 0.286. The quantitative estimate of drug-likeness (QED) is 0.898. The minimum atomic E-state index is -0.734. The van der Waals surface area contributed by atoms with Crippen molar-refractivity contribution in [1.29, 1.82) is 0 Å². The molecule has 2 rings (SSSR count). The Labute approximate surface area is 110 Å². The van der Waals surface area contributed by atoms with E-state index < -0.39 is 5.97 Å². The molecule has 1 atom stereocenters. The lowest BCUT2D eigenvalue weighted by atomic mass is 10.1. The van der Waals surface area contributed by atoms with Crippen LogP contribution < -0.4 is 0 Å². The summed E-state index contributed by atoms with van der Waals surface area (Å²) in [7, 11) is 0. The molecule has 1 unspecified atom stereocenters. The van der Waals surface area contributed by atoms with E-state index in [1.165, 1.54) is 5.56 Å². The maximum atomic E-state index is 10.7. The Balaban J connectivity index is 2.06. The summed E-state index contributed by atoms with van der Waals surface area (Å²) in [5.41, 5.74) is 2.20. The predicted molar refractivity (Wildman–Crippen MR) is 74.7 cm³/mol. The molecule has 0 fully saturated rings. The van der Waals surface area contributed by atoms with E-state index in [1.807, 2.05) is 24.3 Å². The average molecular weight is 261 g/mol. The van der Waals surface area contributed by atoms with Gasteiger partial charge in [-0.3, -0.25) is 9.78 Å². The van der Waals surface area contributed by atoms with Crippen LogP contribution in [0.4, 0.5) is 0 Å². The first kappa shape index (κ1) is 12.9. The Morgan fingerprint density at radius 2 is 2.17 bits per heavy atom. The van der Waals surface area contributed by atoms with E-state index in [9.17, 15) is 4.79 Å². The van der Waals surface area contributed by atoms with Crippen LogP contribution in [0.15, 0.2) is 36.5 Å². The lowest BCUT2D eigenvalue weighted by Crippen LogP contribution is -2.11. The van der Waals surface area contributed by atoms with Gasteiger partial charge in [-0.2, -0.15) is 11.8 Å². The third-order valence-corrected chi connectivity index (χ3v) is 4.04. The van der Waals surface area contributed by atoms with Crippen molar-refractivity contribution >= 4 is 28.6 Å². The Morgan fingerprint density at radius 1 is 1.39 bits per heavy atom. The second-order valence-corrected chi connectivity index (χ2v) is 5.27. The summed E-state index contributed by atoms with van der Waals surface area (Å²) in [6.45, 7) is 1.74. The summed E-state index contributed by atoms with van der Waals surface area (Å²) < 4.78 is 0. The zero-order chi connectivity index (χ0) is 13.0. The highest BCUT2D eigenvalue weighted by atomic mass is 32.2. The van der Waals surface area contributed by atoms with Crippen LogP contribution in [0.1, 0.15) is 12.5 Å². The third-order valence-electron chi connectivity index (χ3n) is 2.79. The minimum Gasteiger partial charge on any atom is -0.481 e. The lowest BCUT2D eigenvalue weighted by molar-refractivity contribution is -0.140. The van der Waals surface area contributed by atoms with E-state index in [1.54, 1.807) is 24.9 Å². The van der Waals surface area contributed by atoms with Gasteiger partial charge in [0.1, 0.15) is 0 Å². The Morgan fingerprint density at radius 3 is 2.94 bits per heavy atom. The van der Waals surface area contributed by atoms with Crippen LogP contribution >= 0.6 is 11.8 Å². The first-order valence-corrected chi connectivity index (χ1v) is 6.97. The Hall–Kier alpha value is -1.55. The number of rotatable bonds is 5. The molecule has 0 aliphatic rings. The van der Waals surface area contributed by atoms with Gasteiger partial charge in [-0.05, 0) is 17.7 Å². The lowest BCUT2D eigenvalue weighted by Gasteiger charge is -2.07. The van der Waals surface area contributed by atoms with Crippen molar-refractivity contribution in [3.8, 4) is 0 Å². The summed E-state index contributed by atoms with van der Waals surface area (Å²) in [6, 6.07) is 10.0. The molecule has 0 spiro atoms. The van der Waals surface area contributed by atoms with Crippen molar-refractivity contribution in [2.45, 2.75) is 12.7 Å². The van der Waals surface area contributed by atoms with Crippen molar-refractivity contribution in [3.63, 3.8) is 0 Å². The Kier molecular flexibility index (Phi) is 4.20. The molecule has 0 aliphatic carbocycles. The van der Waals surface area contributed by atoms with Gasteiger partial charge < -0.3 is 5.11 Å². The number of carboxylic acid groups (broad SMARTS) is 1. The molecule has 0 saturated carbocycles. The van der Waals surface area contributed by atoms with E-state index in [4.69, 9.17) is 5.11 Å². The molecule has 1 aromatic heterocycles. The fourth-order valence-corrected chi connectivity index (χ4v) is 2.78. The minimum absolute atomic E-state index is 0.303. The highest BCUT2D eigenvalue weighted by Gasteiger charge is 2.10. The molecule has 1 aromatic carbocycles. The molecule has 0 radical (unpaired) electrons. The van der Waals surface area contributed by atoms with Crippen LogP contribution in [0.3, 0.4) is 0 Å².